The van der Waals surface area contributed by atoms with Crippen LogP contribution in [0.15, 0.2) is 23.8 Å². The lowest BCUT2D eigenvalue weighted by Crippen LogP contribution is -2.60. The maximum absolute atomic E-state index is 3.39. The molecule has 0 amide bonds. The van der Waals surface area contributed by atoms with Gasteiger partial charge >= 0.3 is 0 Å². The molecular formula is C12H17N. The first-order chi connectivity index (χ1) is 6.38. The summed E-state index contributed by atoms with van der Waals surface area (Å²) in [6.07, 6.45) is 12.4. The number of hydrogen-bond donors (Lipinski definition) is 1. The average molecular weight is 175 g/mol. The summed E-state index contributed by atoms with van der Waals surface area (Å²) in [5, 5.41) is 3.39. The van der Waals surface area contributed by atoms with Crippen LogP contribution >= 0.6 is 0 Å². The van der Waals surface area contributed by atoms with Crippen LogP contribution in [0, 0.1) is 11.3 Å². The minimum absolute atomic E-state index is 0.743. The Balaban J connectivity index is 1.63. The Morgan fingerprint density at radius 1 is 1.31 bits per heavy atom. The zero-order valence-electron chi connectivity index (χ0n) is 8.05. The second-order valence-corrected chi connectivity index (χ2v) is 4.92. The fraction of sp³-hybridized carbons (Fsp3) is 0.667. The van der Waals surface area contributed by atoms with E-state index in [9.17, 15) is 0 Å². The third-order valence-corrected chi connectivity index (χ3v) is 3.93. The predicted octanol–water partition coefficient (Wildman–Crippen LogP) is 2.26. The first-order valence-corrected chi connectivity index (χ1v) is 5.44. The smallest absolute Gasteiger partial charge is 0.00207 e. The van der Waals surface area contributed by atoms with Crippen molar-refractivity contribution in [3.63, 3.8) is 0 Å². The van der Waals surface area contributed by atoms with E-state index in [0.717, 1.165) is 11.3 Å². The van der Waals surface area contributed by atoms with Gasteiger partial charge in [0.25, 0.3) is 0 Å². The van der Waals surface area contributed by atoms with Crippen LogP contribution in [-0.2, 0) is 0 Å². The van der Waals surface area contributed by atoms with Crippen LogP contribution < -0.4 is 5.32 Å². The second-order valence-electron chi connectivity index (χ2n) is 4.92. The third-order valence-electron chi connectivity index (χ3n) is 3.93. The molecule has 0 aromatic carbocycles. The summed E-state index contributed by atoms with van der Waals surface area (Å²) in [6.45, 7) is 2.57. The van der Waals surface area contributed by atoms with Crippen LogP contribution in [0.3, 0.4) is 0 Å². The summed E-state index contributed by atoms with van der Waals surface area (Å²) in [6, 6.07) is 0. The van der Waals surface area contributed by atoms with Crippen LogP contribution in [0.4, 0.5) is 0 Å². The molecule has 1 heteroatoms. The van der Waals surface area contributed by atoms with Gasteiger partial charge in [0.05, 0.1) is 0 Å². The molecular weight excluding hydrogens is 158 g/mol. The summed E-state index contributed by atoms with van der Waals surface area (Å²) in [5.74, 6) is 0.937. The minimum atomic E-state index is 0.743. The largest absolute Gasteiger partial charge is 0.316 e. The third kappa shape index (κ3) is 1.18. The SMILES string of the molecule is C1=CCCC(C2CC3(CNC3)C2)=C1. The van der Waals surface area contributed by atoms with Gasteiger partial charge in [0.1, 0.15) is 0 Å². The summed E-state index contributed by atoms with van der Waals surface area (Å²) in [4.78, 5) is 0. The Morgan fingerprint density at radius 2 is 2.15 bits per heavy atom. The zero-order valence-corrected chi connectivity index (χ0v) is 8.05. The Labute approximate surface area is 79.9 Å². The van der Waals surface area contributed by atoms with E-state index < -0.39 is 0 Å². The van der Waals surface area contributed by atoms with Gasteiger partial charge in [-0.15, -0.1) is 0 Å². The highest BCUT2D eigenvalue weighted by Gasteiger charge is 2.48. The molecule has 0 radical (unpaired) electrons. The quantitative estimate of drug-likeness (QED) is 0.644. The normalized spacial score (nSPS) is 30.9. The van der Waals surface area contributed by atoms with E-state index in [0.29, 0.717) is 0 Å². The highest BCUT2D eigenvalue weighted by Crippen LogP contribution is 2.52. The lowest BCUT2D eigenvalue weighted by Gasteiger charge is -2.55. The number of rotatable bonds is 1. The Morgan fingerprint density at radius 3 is 2.69 bits per heavy atom. The molecule has 3 aliphatic rings. The van der Waals surface area contributed by atoms with Crippen molar-refractivity contribution in [1.29, 1.82) is 0 Å². The predicted molar refractivity (Wildman–Crippen MR) is 54.5 cm³/mol. The van der Waals surface area contributed by atoms with Gasteiger partial charge in [-0.25, -0.2) is 0 Å². The number of hydrogen-bond acceptors (Lipinski definition) is 1. The molecule has 1 spiro atoms. The molecule has 1 saturated carbocycles. The average Bonchev–Trinajstić information content (AvgIpc) is 2.01. The molecule has 0 unspecified atom stereocenters. The second kappa shape index (κ2) is 2.71. The van der Waals surface area contributed by atoms with E-state index >= 15 is 0 Å². The van der Waals surface area contributed by atoms with Crippen LogP contribution in [0.1, 0.15) is 25.7 Å². The summed E-state index contributed by atoms with van der Waals surface area (Å²) in [5.41, 5.74) is 2.46. The van der Waals surface area contributed by atoms with E-state index in [2.05, 4.69) is 23.5 Å². The topological polar surface area (TPSA) is 12.0 Å². The van der Waals surface area contributed by atoms with Gasteiger partial charge in [0, 0.05) is 13.1 Å². The molecule has 0 aromatic heterocycles. The summed E-state index contributed by atoms with van der Waals surface area (Å²) in [7, 11) is 0. The zero-order chi connectivity index (χ0) is 8.73. The van der Waals surface area contributed by atoms with Crippen molar-refractivity contribution in [3.05, 3.63) is 23.8 Å². The van der Waals surface area contributed by atoms with E-state index in [-0.39, 0.29) is 0 Å². The molecule has 70 valence electrons. The molecule has 1 nitrogen and oxygen atoms in total. The molecule has 1 aliphatic heterocycles. The van der Waals surface area contributed by atoms with Crippen LogP contribution in [-0.4, -0.2) is 13.1 Å². The molecule has 0 aromatic rings. The Kier molecular flexibility index (Phi) is 1.63. The van der Waals surface area contributed by atoms with Gasteiger partial charge in [-0.05, 0) is 37.0 Å². The first kappa shape index (κ1) is 7.81. The standard InChI is InChI=1S/C12H17N/c1-2-4-10(5-3-1)11-6-12(7-11)8-13-9-12/h1-2,4,11,13H,3,5-9H2. The maximum Gasteiger partial charge on any atom is 0.00207 e. The molecule has 1 saturated heterocycles. The lowest BCUT2D eigenvalue weighted by atomic mass is 9.56. The fourth-order valence-electron chi connectivity index (χ4n) is 2.98. The van der Waals surface area contributed by atoms with Gasteiger partial charge in [-0.1, -0.05) is 23.8 Å². The van der Waals surface area contributed by atoms with Crippen molar-refractivity contribution >= 4 is 0 Å². The van der Waals surface area contributed by atoms with Gasteiger partial charge in [-0.2, -0.15) is 0 Å². The number of allylic oxidation sites excluding steroid dienone is 4. The van der Waals surface area contributed by atoms with Gasteiger partial charge in [-0.3, -0.25) is 0 Å². The van der Waals surface area contributed by atoms with Crippen molar-refractivity contribution in [1.82, 2.24) is 5.32 Å². The minimum Gasteiger partial charge on any atom is -0.316 e. The van der Waals surface area contributed by atoms with Crippen LogP contribution in [0.25, 0.3) is 0 Å². The van der Waals surface area contributed by atoms with E-state index in [1.54, 1.807) is 5.57 Å². The molecule has 1 N–H and O–H groups in total. The molecule has 0 atom stereocenters. The molecule has 2 fully saturated rings. The van der Waals surface area contributed by atoms with E-state index in [4.69, 9.17) is 0 Å². The summed E-state index contributed by atoms with van der Waals surface area (Å²) >= 11 is 0. The molecule has 3 rings (SSSR count). The molecule has 0 bridgehead atoms. The van der Waals surface area contributed by atoms with Crippen molar-refractivity contribution in [2.24, 2.45) is 11.3 Å². The van der Waals surface area contributed by atoms with E-state index in [1.807, 2.05) is 0 Å². The highest BCUT2D eigenvalue weighted by atomic mass is 15.0. The van der Waals surface area contributed by atoms with Gasteiger partial charge < -0.3 is 5.32 Å². The highest BCUT2D eigenvalue weighted by molar-refractivity contribution is 5.24. The summed E-state index contributed by atoms with van der Waals surface area (Å²) < 4.78 is 0. The van der Waals surface area contributed by atoms with Gasteiger partial charge in [0.15, 0.2) is 0 Å². The first-order valence-electron chi connectivity index (χ1n) is 5.44. The van der Waals surface area contributed by atoms with Crippen molar-refractivity contribution in [2.45, 2.75) is 25.7 Å². The molecule has 1 heterocycles. The van der Waals surface area contributed by atoms with Crippen molar-refractivity contribution in [2.75, 3.05) is 13.1 Å². The monoisotopic (exact) mass is 175 g/mol. The fourth-order valence-corrected chi connectivity index (χ4v) is 2.98. The van der Waals surface area contributed by atoms with Crippen LogP contribution in [0.5, 0.6) is 0 Å². The van der Waals surface area contributed by atoms with Crippen LogP contribution in [0.2, 0.25) is 0 Å². The van der Waals surface area contributed by atoms with Crippen molar-refractivity contribution in [3.8, 4) is 0 Å². The molecule has 2 aliphatic carbocycles. The lowest BCUT2D eigenvalue weighted by molar-refractivity contribution is 0.0159. The maximum atomic E-state index is 3.39. The Hall–Kier alpha value is -0.560. The Bertz CT molecular complexity index is 263. The number of nitrogens with one attached hydrogen (secondary N) is 1. The van der Waals surface area contributed by atoms with Crippen molar-refractivity contribution < 1.29 is 0 Å². The van der Waals surface area contributed by atoms with E-state index in [1.165, 1.54) is 38.8 Å². The molecule has 13 heavy (non-hydrogen) atoms. The van der Waals surface area contributed by atoms with Gasteiger partial charge in [0.2, 0.25) is 0 Å².